The molecule has 3 heteroatoms. The third kappa shape index (κ3) is 4.07. The molecule has 1 aromatic carbocycles. The first kappa shape index (κ1) is 16.5. The van der Waals surface area contributed by atoms with Crippen molar-refractivity contribution in [1.82, 2.24) is 0 Å². The predicted octanol–water partition coefficient (Wildman–Crippen LogP) is 6.36. The van der Waals surface area contributed by atoms with E-state index in [1.807, 2.05) is 6.07 Å². The third-order valence-corrected chi connectivity index (χ3v) is 6.30. The lowest BCUT2D eigenvalue weighted by molar-refractivity contribution is 0.146. The summed E-state index contributed by atoms with van der Waals surface area (Å²) < 4.78 is 14.9. The van der Waals surface area contributed by atoms with Crippen LogP contribution in [0.5, 0.6) is 0 Å². The first-order valence-electron chi connectivity index (χ1n) is 7.35. The van der Waals surface area contributed by atoms with Crippen molar-refractivity contribution in [3.05, 3.63) is 34.1 Å². The van der Waals surface area contributed by atoms with Gasteiger partial charge in [0, 0.05) is 9.30 Å². The van der Waals surface area contributed by atoms with E-state index < -0.39 is 0 Å². The Labute approximate surface area is 138 Å². The molecule has 1 aliphatic rings. The van der Waals surface area contributed by atoms with Gasteiger partial charge in [0.1, 0.15) is 5.82 Å². The van der Waals surface area contributed by atoms with E-state index >= 15 is 0 Å². The van der Waals surface area contributed by atoms with E-state index in [-0.39, 0.29) is 5.82 Å². The standard InChI is InChI=1S/C17H23Br2F/c1-17(2,3)13-4-6-15(19)11(9-13)8-12-10-14(18)5-7-16(12)20/h5,7,10-11,13,15H,4,6,8-9H2,1-3H3. The van der Waals surface area contributed by atoms with E-state index in [1.54, 1.807) is 12.1 Å². The summed E-state index contributed by atoms with van der Waals surface area (Å²) in [6.45, 7) is 6.97. The second-order valence-electron chi connectivity index (χ2n) is 7.09. The minimum absolute atomic E-state index is 0.0780. The Bertz CT molecular complexity index is 465. The first-order valence-corrected chi connectivity index (χ1v) is 9.06. The molecule has 1 aromatic rings. The molecule has 20 heavy (non-hydrogen) atoms. The van der Waals surface area contributed by atoms with Crippen molar-refractivity contribution in [2.24, 2.45) is 17.3 Å². The maximum Gasteiger partial charge on any atom is 0.126 e. The molecule has 0 heterocycles. The number of halogens is 3. The average Bonchev–Trinajstić information content (AvgIpc) is 2.35. The van der Waals surface area contributed by atoms with Gasteiger partial charge < -0.3 is 0 Å². The Morgan fingerprint density at radius 2 is 1.95 bits per heavy atom. The largest absolute Gasteiger partial charge is 0.207 e. The lowest BCUT2D eigenvalue weighted by Gasteiger charge is -2.40. The maximum atomic E-state index is 13.9. The Kier molecular flexibility index (Phi) is 5.34. The van der Waals surface area contributed by atoms with Crippen LogP contribution >= 0.6 is 31.9 Å². The van der Waals surface area contributed by atoms with Gasteiger partial charge in [-0.05, 0) is 66.7 Å². The van der Waals surface area contributed by atoms with E-state index in [2.05, 4.69) is 52.6 Å². The quantitative estimate of drug-likeness (QED) is 0.502. The summed E-state index contributed by atoms with van der Waals surface area (Å²) in [7, 11) is 0. The van der Waals surface area contributed by atoms with Gasteiger partial charge in [-0.2, -0.15) is 0 Å². The molecule has 0 spiro atoms. The summed E-state index contributed by atoms with van der Waals surface area (Å²) in [5.41, 5.74) is 1.18. The van der Waals surface area contributed by atoms with Gasteiger partial charge >= 0.3 is 0 Å². The van der Waals surface area contributed by atoms with E-state index in [0.717, 1.165) is 22.4 Å². The highest BCUT2D eigenvalue weighted by Crippen LogP contribution is 2.43. The molecule has 1 fully saturated rings. The number of rotatable bonds is 2. The molecular formula is C17H23Br2F. The molecule has 0 aliphatic heterocycles. The summed E-state index contributed by atoms with van der Waals surface area (Å²) in [4.78, 5) is 0.513. The molecule has 1 saturated carbocycles. The Morgan fingerprint density at radius 3 is 2.60 bits per heavy atom. The van der Waals surface area contributed by atoms with Crippen LogP contribution in [0.15, 0.2) is 22.7 Å². The molecular weight excluding hydrogens is 383 g/mol. The Balaban J connectivity index is 2.12. The van der Waals surface area contributed by atoms with Gasteiger partial charge in [-0.3, -0.25) is 0 Å². The predicted molar refractivity (Wildman–Crippen MR) is 90.8 cm³/mol. The molecule has 0 nitrogen and oxygen atoms in total. The highest BCUT2D eigenvalue weighted by atomic mass is 79.9. The number of hydrogen-bond acceptors (Lipinski definition) is 0. The van der Waals surface area contributed by atoms with Gasteiger partial charge in [0.05, 0.1) is 0 Å². The van der Waals surface area contributed by atoms with Crippen LogP contribution in [-0.2, 0) is 6.42 Å². The SMILES string of the molecule is CC(C)(C)C1CCC(Br)C(Cc2cc(Br)ccc2F)C1. The third-order valence-electron chi connectivity index (χ3n) is 4.60. The van der Waals surface area contributed by atoms with Crippen molar-refractivity contribution < 1.29 is 4.39 Å². The van der Waals surface area contributed by atoms with E-state index in [4.69, 9.17) is 0 Å². The van der Waals surface area contributed by atoms with E-state index in [0.29, 0.717) is 16.2 Å². The van der Waals surface area contributed by atoms with E-state index in [1.165, 1.54) is 19.3 Å². The van der Waals surface area contributed by atoms with Gasteiger partial charge in [0.2, 0.25) is 0 Å². The van der Waals surface area contributed by atoms with Crippen LogP contribution in [0.2, 0.25) is 0 Å². The van der Waals surface area contributed by atoms with Crippen molar-refractivity contribution in [3.63, 3.8) is 0 Å². The molecule has 3 atom stereocenters. The molecule has 2 rings (SSSR count). The normalized spacial score (nSPS) is 27.6. The van der Waals surface area contributed by atoms with Gasteiger partial charge in [0.15, 0.2) is 0 Å². The van der Waals surface area contributed by atoms with Gasteiger partial charge in [-0.15, -0.1) is 0 Å². The number of alkyl halides is 1. The Morgan fingerprint density at radius 1 is 1.25 bits per heavy atom. The van der Waals surface area contributed by atoms with Gasteiger partial charge in [0.25, 0.3) is 0 Å². The molecule has 112 valence electrons. The van der Waals surface area contributed by atoms with Crippen molar-refractivity contribution in [2.75, 3.05) is 0 Å². The molecule has 1 aliphatic carbocycles. The highest BCUT2D eigenvalue weighted by Gasteiger charge is 2.35. The summed E-state index contributed by atoms with van der Waals surface area (Å²) in [6, 6.07) is 5.26. The zero-order valence-electron chi connectivity index (χ0n) is 12.4. The summed E-state index contributed by atoms with van der Waals surface area (Å²) >= 11 is 7.26. The van der Waals surface area contributed by atoms with Crippen molar-refractivity contribution >= 4 is 31.9 Å². The molecule has 0 bridgehead atoms. The smallest absolute Gasteiger partial charge is 0.126 e. The summed E-state index contributed by atoms with van der Waals surface area (Å²) in [5, 5.41) is 0. The van der Waals surface area contributed by atoms with Crippen molar-refractivity contribution in [1.29, 1.82) is 0 Å². The molecule has 0 amide bonds. The monoisotopic (exact) mass is 404 g/mol. The number of hydrogen-bond donors (Lipinski definition) is 0. The van der Waals surface area contributed by atoms with Crippen LogP contribution in [0.1, 0.15) is 45.6 Å². The molecule has 3 unspecified atom stereocenters. The fraction of sp³-hybridized carbons (Fsp3) is 0.647. The fourth-order valence-electron chi connectivity index (χ4n) is 3.21. The lowest BCUT2D eigenvalue weighted by Crippen LogP contribution is -2.33. The molecule has 0 saturated heterocycles. The fourth-order valence-corrected chi connectivity index (χ4v) is 4.28. The minimum Gasteiger partial charge on any atom is -0.207 e. The van der Waals surface area contributed by atoms with Crippen LogP contribution < -0.4 is 0 Å². The van der Waals surface area contributed by atoms with Crippen molar-refractivity contribution in [3.8, 4) is 0 Å². The maximum absolute atomic E-state index is 13.9. The first-order chi connectivity index (χ1) is 9.27. The zero-order valence-corrected chi connectivity index (χ0v) is 15.6. The van der Waals surface area contributed by atoms with Crippen LogP contribution in [0.25, 0.3) is 0 Å². The van der Waals surface area contributed by atoms with Crippen molar-refractivity contribution in [2.45, 2.75) is 51.3 Å². The summed E-state index contributed by atoms with van der Waals surface area (Å²) in [5.74, 6) is 1.18. The van der Waals surface area contributed by atoms with Crippen LogP contribution in [0, 0.1) is 23.1 Å². The number of benzene rings is 1. The van der Waals surface area contributed by atoms with Crippen LogP contribution in [-0.4, -0.2) is 4.83 Å². The Hall–Kier alpha value is 0.110. The molecule has 0 aromatic heterocycles. The topological polar surface area (TPSA) is 0 Å². The lowest BCUT2D eigenvalue weighted by atomic mass is 9.68. The second-order valence-corrected chi connectivity index (χ2v) is 9.18. The summed E-state index contributed by atoms with van der Waals surface area (Å²) in [6.07, 6.45) is 4.48. The van der Waals surface area contributed by atoms with Crippen LogP contribution in [0.4, 0.5) is 4.39 Å². The van der Waals surface area contributed by atoms with Crippen LogP contribution in [0.3, 0.4) is 0 Å². The molecule has 0 N–H and O–H groups in total. The van der Waals surface area contributed by atoms with E-state index in [9.17, 15) is 4.39 Å². The minimum atomic E-state index is -0.0780. The van der Waals surface area contributed by atoms with Gasteiger partial charge in [-0.25, -0.2) is 4.39 Å². The van der Waals surface area contributed by atoms with Gasteiger partial charge in [-0.1, -0.05) is 52.6 Å². The highest BCUT2D eigenvalue weighted by molar-refractivity contribution is 9.10. The molecule has 0 radical (unpaired) electrons. The second kappa shape index (κ2) is 6.48. The zero-order chi connectivity index (χ0) is 14.9. The average molecular weight is 406 g/mol.